The number of nitrogens with one attached hydrogen (secondary N) is 1. The minimum atomic E-state index is -3.35. The lowest BCUT2D eigenvalue weighted by atomic mass is 9.92. The maximum Gasteiger partial charge on any atom is 0.325 e. The zero-order chi connectivity index (χ0) is 22.6. The smallest absolute Gasteiger partial charge is 0.325 e. The number of furan rings is 1. The average molecular weight is 444 g/mol. The normalized spacial score (nSPS) is 19.2. The third-order valence-electron chi connectivity index (χ3n) is 5.20. The summed E-state index contributed by atoms with van der Waals surface area (Å²) in [5.41, 5.74) is -0.195. The summed E-state index contributed by atoms with van der Waals surface area (Å²) < 4.78 is 30.2. The maximum atomic E-state index is 13.2. The van der Waals surface area contributed by atoms with E-state index < -0.39 is 27.3 Å². The Kier molecular flexibility index (Phi) is 4.69. The van der Waals surface area contributed by atoms with Crippen molar-refractivity contribution < 1.29 is 22.4 Å². The predicted octanol–water partition coefficient (Wildman–Crippen LogP) is 1.24. The molecular formula is C19H20N6O5S. The summed E-state index contributed by atoms with van der Waals surface area (Å²) >= 11 is 0. The van der Waals surface area contributed by atoms with Crippen molar-refractivity contribution in [2.45, 2.75) is 37.8 Å². The SMILES string of the molecule is Cc1cc(C2(C)NC(=O)N(Cc3nnnn3-c3ccc(S(C)(=O)=O)cc3)C2=O)c(C)o1. The first-order valence-electron chi connectivity index (χ1n) is 9.30. The number of imide groups is 1. The second kappa shape index (κ2) is 7.01. The molecule has 0 saturated carbocycles. The standard InChI is InChI=1S/C19H20N6O5S/c1-11-9-15(12(2)30-11)19(3)17(26)24(18(27)20-19)10-16-21-22-23-25(16)13-5-7-14(8-6-13)31(4,28)29/h5-9H,10H2,1-4H3,(H,20,27). The first-order chi connectivity index (χ1) is 14.5. The molecule has 1 unspecified atom stereocenters. The molecule has 0 radical (unpaired) electrons. The average Bonchev–Trinajstić information content (AvgIpc) is 3.35. The number of carbonyl (C=O) groups excluding carboxylic acids is 2. The first-order valence-corrected chi connectivity index (χ1v) is 11.2. The van der Waals surface area contributed by atoms with Crippen molar-refractivity contribution in [3.63, 3.8) is 0 Å². The molecular weight excluding hydrogens is 424 g/mol. The number of aromatic nitrogens is 4. The summed E-state index contributed by atoms with van der Waals surface area (Å²) in [7, 11) is -3.35. The lowest BCUT2D eigenvalue weighted by Crippen LogP contribution is -2.41. The van der Waals surface area contributed by atoms with Gasteiger partial charge in [0.15, 0.2) is 15.7 Å². The van der Waals surface area contributed by atoms with Crippen molar-refractivity contribution in [3.8, 4) is 5.69 Å². The van der Waals surface area contributed by atoms with E-state index in [-0.39, 0.29) is 17.3 Å². The number of carbonyl (C=O) groups is 2. The fourth-order valence-electron chi connectivity index (χ4n) is 3.63. The number of amides is 3. The molecule has 0 bridgehead atoms. The van der Waals surface area contributed by atoms with Gasteiger partial charge in [0.25, 0.3) is 5.91 Å². The van der Waals surface area contributed by atoms with Gasteiger partial charge in [-0.2, -0.15) is 4.68 Å². The van der Waals surface area contributed by atoms with Crippen LogP contribution in [0.2, 0.25) is 0 Å². The zero-order valence-corrected chi connectivity index (χ0v) is 18.1. The van der Waals surface area contributed by atoms with Crippen molar-refractivity contribution in [2.75, 3.05) is 6.26 Å². The van der Waals surface area contributed by atoms with Gasteiger partial charge in [0.2, 0.25) is 0 Å². The highest BCUT2D eigenvalue weighted by Gasteiger charge is 2.51. The Bertz CT molecular complexity index is 1290. The number of rotatable bonds is 5. The molecule has 4 rings (SSSR count). The van der Waals surface area contributed by atoms with Gasteiger partial charge in [0.1, 0.15) is 17.1 Å². The maximum absolute atomic E-state index is 13.2. The molecule has 1 N–H and O–H groups in total. The molecule has 1 atom stereocenters. The monoisotopic (exact) mass is 444 g/mol. The summed E-state index contributed by atoms with van der Waals surface area (Å²) in [5.74, 6) is 0.963. The second-order valence-electron chi connectivity index (χ2n) is 7.55. The number of benzene rings is 1. The van der Waals surface area contributed by atoms with Crippen LogP contribution in [-0.2, 0) is 26.7 Å². The molecule has 12 heteroatoms. The van der Waals surface area contributed by atoms with Crippen LogP contribution in [0.25, 0.3) is 5.69 Å². The molecule has 0 aliphatic carbocycles. The third kappa shape index (κ3) is 3.48. The number of nitrogens with zero attached hydrogens (tertiary/aromatic N) is 5. The van der Waals surface area contributed by atoms with Gasteiger partial charge in [-0.25, -0.2) is 13.2 Å². The molecule has 1 saturated heterocycles. The van der Waals surface area contributed by atoms with Crippen LogP contribution >= 0.6 is 0 Å². The van der Waals surface area contributed by atoms with Crippen LogP contribution in [0.4, 0.5) is 4.79 Å². The van der Waals surface area contributed by atoms with Crippen molar-refractivity contribution >= 4 is 21.8 Å². The molecule has 1 fully saturated rings. The van der Waals surface area contributed by atoms with E-state index in [1.807, 2.05) is 0 Å². The molecule has 3 heterocycles. The topological polar surface area (TPSA) is 140 Å². The van der Waals surface area contributed by atoms with Gasteiger partial charge >= 0.3 is 6.03 Å². The Morgan fingerprint density at radius 2 is 1.84 bits per heavy atom. The van der Waals surface area contributed by atoms with E-state index >= 15 is 0 Å². The molecule has 11 nitrogen and oxygen atoms in total. The molecule has 162 valence electrons. The number of aryl methyl sites for hydroxylation is 2. The highest BCUT2D eigenvalue weighted by Crippen LogP contribution is 2.33. The molecule has 0 spiro atoms. The lowest BCUT2D eigenvalue weighted by molar-refractivity contribution is -0.131. The molecule has 2 aromatic heterocycles. The van der Waals surface area contributed by atoms with Crippen LogP contribution in [0.3, 0.4) is 0 Å². The lowest BCUT2D eigenvalue weighted by Gasteiger charge is -2.21. The Morgan fingerprint density at radius 3 is 2.42 bits per heavy atom. The van der Waals surface area contributed by atoms with E-state index in [9.17, 15) is 18.0 Å². The zero-order valence-electron chi connectivity index (χ0n) is 17.3. The van der Waals surface area contributed by atoms with Crippen molar-refractivity contribution in [1.82, 2.24) is 30.4 Å². The number of urea groups is 1. The fourth-order valence-corrected chi connectivity index (χ4v) is 4.26. The molecule has 31 heavy (non-hydrogen) atoms. The minimum absolute atomic E-state index is 0.154. The van der Waals surface area contributed by atoms with Crippen LogP contribution in [0.1, 0.15) is 29.8 Å². The van der Waals surface area contributed by atoms with Gasteiger partial charge in [-0.1, -0.05) is 0 Å². The number of hydrogen-bond donors (Lipinski definition) is 1. The van der Waals surface area contributed by atoms with Crippen LogP contribution in [0, 0.1) is 13.8 Å². The number of hydrogen-bond acceptors (Lipinski definition) is 8. The molecule has 1 aromatic carbocycles. The van der Waals surface area contributed by atoms with Gasteiger partial charge in [-0.05, 0) is 61.5 Å². The highest BCUT2D eigenvalue weighted by molar-refractivity contribution is 7.90. The summed E-state index contributed by atoms with van der Waals surface area (Å²) in [6, 6.07) is 7.11. The predicted molar refractivity (Wildman–Crippen MR) is 107 cm³/mol. The summed E-state index contributed by atoms with van der Waals surface area (Å²) in [6.45, 7) is 4.95. The summed E-state index contributed by atoms with van der Waals surface area (Å²) in [6.07, 6.45) is 1.11. The van der Waals surface area contributed by atoms with Crippen molar-refractivity contribution in [1.29, 1.82) is 0 Å². The third-order valence-corrected chi connectivity index (χ3v) is 6.33. The molecule has 1 aliphatic heterocycles. The summed E-state index contributed by atoms with van der Waals surface area (Å²) in [5, 5.41) is 14.2. The van der Waals surface area contributed by atoms with E-state index in [0.717, 1.165) is 11.2 Å². The van der Waals surface area contributed by atoms with Crippen LogP contribution in [0.5, 0.6) is 0 Å². The Morgan fingerprint density at radius 1 is 1.16 bits per heavy atom. The molecule has 3 amide bonds. The van der Waals surface area contributed by atoms with Gasteiger partial charge in [0, 0.05) is 11.8 Å². The van der Waals surface area contributed by atoms with Crippen LogP contribution in [0.15, 0.2) is 39.6 Å². The molecule has 3 aromatic rings. The van der Waals surface area contributed by atoms with Gasteiger partial charge < -0.3 is 9.73 Å². The van der Waals surface area contributed by atoms with Crippen LogP contribution in [-0.4, -0.2) is 51.7 Å². The van der Waals surface area contributed by atoms with Gasteiger partial charge in [-0.3, -0.25) is 9.69 Å². The van der Waals surface area contributed by atoms with Crippen LogP contribution < -0.4 is 5.32 Å². The molecule has 1 aliphatic rings. The Balaban J connectivity index is 1.63. The van der Waals surface area contributed by atoms with E-state index in [2.05, 4.69) is 20.8 Å². The second-order valence-corrected chi connectivity index (χ2v) is 9.56. The van der Waals surface area contributed by atoms with Gasteiger partial charge in [-0.15, -0.1) is 5.10 Å². The number of tetrazole rings is 1. The minimum Gasteiger partial charge on any atom is -0.466 e. The first kappa shape index (κ1) is 20.7. The van der Waals surface area contributed by atoms with E-state index in [1.165, 1.54) is 16.8 Å². The fraction of sp³-hybridized carbons (Fsp3) is 0.316. The quantitative estimate of drug-likeness (QED) is 0.580. The van der Waals surface area contributed by atoms with Gasteiger partial charge in [0.05, 0.1) is 17.1 Å². The number of sulfone groups is 1. The Hall–Kier alpha value is -3.54. The van der Waals surface area contributed by atoms with Crippen molar-refractivity contribution in [2.24, 2.45) is 0 Å². The van der Waals surface area contributed by atoms with E-state index in [1.54, 1.807) is 39.0 Å². The largest absolute Gasteiger partial charge is 0.466 e. The summed E-state index contributed by atoms with van der Waals surface area (Å²) in [4.78, 5) is 27.0. The highest BCUT2D eigenvalue weighted by atomic mass is 32.2. The van der Waals surface area contributed by atoms with E-state index in [4.69, 9.17) is 4.42 Å². The Labute approximate surface area is 177 Å². The van der Waals surface area contributed by atoms with Crippen molar-refractivity contribution in [3.05, 3.63) is 53.2 Å². The van der Waals surface area contributed by atoms with E-state index in [0.29, 0.717) is 22.8 Å².